The van der Waals surface area contributed by atoms with Gasteiger partial charge in [0, 0.05) is 43.7 Å². The molecule has 2 aliphatic rings. The fourth-order valence-corrected chi connectivity index (χ4v) is 3.86. The lowest BCUT2D eigenvalue weighted by molar-refractivity contribution is 0.164. The van der Waals surface area contributed by atoms with Crippen LogP contribution in [0.15, 0.2) is 34.7 Å². The van der Waals surface area contributed by atoms with Crippen LogP contribution in [0.5, 0.6) is 0 Å². The molecule has 5 rings (SSSR count). The number of fused-ring (bicyclic) bond motifs is 1. The first-order chi connectivity index (χ1) is 12.7. The third kappa shape index (κ3) is 2.65. The lowest BCUT2D eigenvalue weighted by Gasteiger charge is -2.30. The summed E-state index contributed by atoms with van der Waals surface area (Å²) in [7, 11) is 2.17. The van der Waals surface area contributed by atoms with E-state index in [0.717, 1.165) is 25.1 Å². The lowest BCUT2D eigenvalue weighted by atomic mass is 10.1. The predicted molar refractivity (Wildman–Crippen MR) is 97.4 cm³/mol. The highest BCUT2D eigenvalue weighted by atomic mass is 16.4. The van der Waals surface area contributed by atoms with Crippen LogP contribution in [0.1, 0.15) is 54.8 Å². The predicted octanol–water partition coefficient (Wildman–Crippen LogP) is 3.47. The number of hydrogen-bond donors (Lipinski definition) is 0. The summed E-state index contributed by atoms with van der Waals surface area (Å²) in [5.74, 6) is 3.21. The van der Waals surface area contributed by atoms with Gasteiger partial charge in [0.25, 0.3) is 0 Å². The second kappa shape index (κ2) is 6.06. The number of nitrogens with zero attached hydrogens (tertiary/aromatic N) is 5. The van der Waals surface area contributed by atoms with Crippen LogP contribution in [0.4, 0.5) is 0 Å². The van der Waals surface area contributed by atoms with Gasteiger partial charge in [-0.2, -0.15) is 0 Å². The molecule has 0 N–H and O–H groups in total. The normalized spacial score (nSPS) is 18.7. The molecular formula is C20H23N5O. The van der Waals surface area contributed by atoms with E-state index in [9.17, 15) is 0 Å². The van der Waals surface area contributed by atoms with E-state index in [-0.39, 0.29) is 6.04 Å². The first-order valence-electron chi connectivity index (χ1n) is 9.38. The Kier molecular flexibility index (Phi) is 3.67. The van der Waals surface area contributed by atoms with Crippen LogP contribution < -0.4 is 0 Å². The van der Waals surface area contributed by atoms with Gasteiger partial charge in [0.1, 0.15) is 5.82 Å². The van der Waals surface area contributed by atoms with Crippen molar-refractivity contribution in [3.8, 4) is 11.5 Å². The molecule has 0 radical (unpaired) electrons. The van der Waals surface area contributed by atoms with Crippen molar-refractivity contribution in [2.45, 2.75) is 44.7 Å². The van der Waals surface area contributed by atoms with Gasteiger partial charge in [0.2, 0.25) is 11.8 Å². The second-order valence-corrected chi connectivity index (χ2v) is 7.40. The van der Waals surface area contributed by atoms with Crippen molar-refractivity contribution in [1.82, 2.24) is 24.6 Å². The zero-order chi connectivity index (χ0) is 17.7. The van der Waals surface area contributed by atoms with Gasteiger partial charge in [-0.15, -0.1) is 10.2 Å². The first-order valence-corrected chi connectivity index (χ1v) is 9.38. The average Bonchev–Trinajstić information content (AvgIpc) is 3.31. The number of aromatic nitrogens is 4. The lowest BCUT2D eigenvalue weighted by Crippen LogP contribution is -2.33. The van der Waals surface area contributed by atoms with Gasteiger partial charge in [-0.05, 0) is 31.9 Å². The second-order valence-electron chi connectivity index (χ2n) is 7.40. The van der Waals surface area contributed by atoms with Crippen LogP contribution in [0, 0.1) is 0 Å². The average molecular weight is 349 g/mol. The minimum atomic E-state index is 0.0829. The van der Waals surface area contributed by atoms with Crippen LogP contribution in [0.3, 0.4) is 0 Å². The summed E-state index contributed by atoms with van der Waals surface area (Å²) in [5, 5.41) is 8.53. The molecule has 3 heterocycles. The van der Waals surface area contributed by atoms with E-state index in [1.165, 1.54) is 30.1 Å². The fourth-order valence-electron chi connectivity index (χ4n) is 3.86. The van der Waals surface area contributed by atoms with E-state index in [2.05, 4.69) is 33.6 Å². The van der Waals surface area contributed by atoms with Crippen molar-refractivity contribution in [3.05, 3.63) is 53.4 Å². The smallest absolute Gasteiger partial charge is 0.247 e. The van der Waals surface area contributed by atoms with Gasteiger partial charge >= 0.3 is 0 Å². The van der Waals surface area contributed by atoms with E-state index >= 15 is 0 Å². The molecule has 0 spiro atoms. The van der Waals surface area contributed by atoms with Crippen molar-refractivity contribution in [2.24, 2.45) is 7.05 Å². The molecule has 0 bridgehead atoms. The highest BCUT2D eigenvalue weighted by Crippen LogP contribution is 2.40. The Labute approximate surface area is 152 Å². The van der Waals surface area contributed by atoms with Crippen LogP contribution in [0.2, 0.25) is 0 Å². The molecule has 1 aliphatic carbocycles. The molecule has 6 heteroatoms. The summed E-state index contributed by atoms with van der Waals surface area (Å²) in [6.45, 7) is 3.97. The molecule has 6 nitrogen and oxygen atoms in total. The molecule has 0 saturated heterocycles. The zero-order valence-electron chi connectivity index (χ0n) is 15.2. The summed E-state index contributed by atoms with van der Waals surface area (Å²) in [4.78, 5) is 7.33. The Morgan fingerprint density at radius 3 is 2.73 bits per heavy atom. The number of imidazole rings is 1. The van der Waals surface area contributed by atoms with Gasteiger partial charge in [0.15, 0.2) is 0 Å². The number of benzene rings is 1. The molecule has 1 fully saturated rings. The Hall–Kier alpha value is -2.47. The van der Waals surface area contributed by atoms with Crippen LogP contribution in [0.25, 0.3) is 11.5 Å². The number of hydrogen-bond acceptors (Lipinski definition) is 5. The van der Waals surface area contributed by atoms with Gasteiger partial charge < -0.3 is 8.98 Å². The molecule has 1 aliphatic heterocycles. The minimum absolute atomic E-state index is 0.0829. The summed E-state index contributed by atoms with van der Waals surface area (Å²) in [6, 6.07) is 10.0. The number of rotatable bonds is 4. The monoisotopic (exact) mass is 349 g/mol. The van der Waals surface area contributed by atoms with Crippen LogP contribution >= 0.6 is 0 Å². The van der Waals surface area contributed by atoms with Crippen molar-refractivity contribution in [3.63, 3.8) is 0 Å². The van der Waals surface area contributed by atoms with Gasteiger partial charge in [-0.3, -0.25) is 4.90 Å². The third-order valence-electron chi connectivity index (χ3n) is 5.63. The largest absolute Gasteiger partial charge is 0.419 e. The molecule has 0 unspecified atom stereocenters. The van der Waals surface area contributed by atoms with E-state index in [1.54, 1.807) is 0 Å². The highest BCUT2D eigenvalue weighted by molar-refractivity contribution is 5.51. The van der Waals surface area contributed by atoms with E-state index < -0.39 is 0 Å². The third-order valence-corrected chi connectivity index (χ3v) is 5.63. The molecule has 1 saturated carbocycles. The molecule has 1 aromatic carbocycles. The summed E-state index contributed by atoms with van der Waals surface area (Å²) >= 11 is 0. The zero-order valence-corrected chi connectivity index (χ0v) is 15.2. The van der Waals surface area contributed by atoms with Crippen molar-refractivity contribution in [2.75, 3.05) is 6.54 Å². The summed E-state index contributed by atoms with van der Waals surface area (Å²) in [6.07, 6.45) is 3.60. The quantitative estimate of drug-likeness (QED) is 0.722. The van der Waals surface area contributed by atoms with Crippen molar-refractivity contribution < 1.29 is 4.42 Å². The summed E-state index contributed by atoms with van der Waals surface area (Å²) < 4.78 is 8.29. The Morgan fingerprint density at radius 1 is 1.15 bits per heavy atom. The Balaban J connectivity index is 1.36. The van der Waals surface area contributed by atoms with Gasteiger partial charge in [0.05, 0.1) is 11.7 Å². The van der Waals surface area contributed by atoms with E-state index in [1.807, 2.05) is 30.3 Å². The van der Waals surface area contributed by atoms with Crippen LogP contribution in [-0.4, -0.2) is 31.2 Å². The summed E-state index contributed by atoms with van der Waals surface area (Å²) in [5.41, 5.74) is 3.57. The molecule has 0 amide bonds. The molecule has 134 valence electrons. The maximum Gasteiger partial charge on any atom is 0.247 e. The highest BCUT2D eigenvalue weighted by Gasteiger charge is 2.33. The maximum absolute atomic E-state index is 5.96. The van der Waals surface area contributed by atoms with Gasteiger partial charge in [-0.1, -0.05) is 18.2 Å². The minimum Gasteiger partial charge on any atom is -0.419 e. The van der Waals surface area contributed by atoms with E-state index in [4.69, 9.17) is 9.40 Å². The van der Waals surface area contributed by atoms with Gasteiger partial charge in [-0.25, -0.2) is 4.98 Å². The molecular weight excluding hydrogens is 326 g/mol. The Morgan fingerprint density at radius 2 is 1.96 bits per heavy atom. The van der Waals surface area contributed by atoms with Crippen LogP contribution in [-0.2, 0) is 20.0 Å². The molecule has 2 aromatic heterocycles. The van der Waals surface area contributed by atoms with E-state index in [0.29, 0.717) is 17.7 Å². The SMILES string of the molecule is C[C@@H](c1nnc(-c2ccccc2)o1)N1CCc2c(nc(C3CC3)n2C)C1. The molecule has 26 heavy (non-hydrogen) atoms. The topological polar surface area (TPSA) is 60.0 Å². The van der Waals surface area contributed by atoms with Crippen molar-refractivity contribution in [1.29, 1.82) is 0 Å². The maximum atomic E-state index is 5.96. The fraction of sp³-hybridized carbons (Fsp3) is 0.450. The Bertz CT molecular complexity index is 925. The first kappa shape index (κ1) is 15.8. The molecule has 1 atom stereocenters. The standard InChI is InChI=1S/C20H23N5O/c1-13(19-22-23-20(26-19)15-6-4-3-5-7-15)25-11-10-17-16(12-25)21-18(24(17)2)14-8-9-14/h3-7,13-14H,8-12H2,1-2H3/t13-/m0/s1. The molecule has 3 aromatic rings. The van der Waals surface area contributed by atoms with Crippen molar-refractivity contribution >= 4 is 0 Å².